The Balaban J connectivity index is 2.32. The average molecular weight is 176 g/mol. The Morgan fingerprint density at radius 2 is 2.00 bits per heavy atom. The number of rotatable bonds is 1. The van der Waals surface area contributed by atoms with Gasteiger partial charge in [-0.15, -0.1) is 0 Å². The summed E-state index contributed by atoms with van der Waals surface area (Å²) in [4.78, 5) is 0. The summed E-state index contributed by atoms with van der Waals surface area (Å²) in [6, 6.07) is 8.32. The molecule has 1 nitrogen and oxygen atoms in total. The van der Waals surface area contributed by atoms with Gasteiger partial charge >= 0.3 is 0 Å². The zero-order valence-corrected chi connectivity index (χ0v) is 8.50. The van der Waals surface area contributed by atoms with Crippen LogP contribution in [0.1, 0.15) is 26.3 Å². The van der Waals surface area contributed by atoms with Gasteiger partial charge in [0.1, 0.15) is 11.4 Å². The second-order valence-electron chi connectivity index (χ2n) is 4.35. The fraction of sp³-hybridized carbons (Fsp3) is 0.500. The summed E-state index contributed by atoms with van der Waals surface area (Å²) in [7, 11) is 0. The molecule has 0 spiro atoms. The van der Waals surface area contributed by atoms with Gasteiger partial charge in [0, 0.05) is 6.42 Å². The Morgan fingerprint density at radius 3 is 2.62 bits per heavy atom. The maximum atomic E-state index is 5.96. The zero-order chi connectivity index (χ0) is 9.47. The van der Waals surface area contributed by atoms with Gasteiger partial charge in [-0.05, 0) is 24.5 Å². The van der Waals surface area contributed by atoms with E-state index >= 15 is 0 Å². The second kappa shape index (κ2) is 2.76. The van der Waals surface area contributed by atoms with Gasteiger partial charge in [-0.25, -0.2) is 0 Å². The Hall–Kier alpha value is -0.980. The molecule has 0 saturated heterocycles. The standard InChI is InChI=1S/C12H16O/c1-9(2)12(3)8-10-6-4-5-7-11(10)13-12/h4-7,9H,8H2,1-3H3. The van der Waals surface area contributed by atoms with E-state index in [1.54, 1.807) is 0 Å². The maximum Gasteiger partial charge on any atom is 0.123 e. The van der Waals surface area contributed by atoms with Gasteiger partial charge in [0.25, 0.3) is 0 Å². The molecule has 0 fully saturated rings. The van der Waals surface area contributed by atoms with E-state index < -0.39 is 0 Å². The van der Waals surface area contributed by atoms with Gasteiger partial charge in [0.15, 0.2) is 0 Å². The molecular weight excluding hydrogens is 160 g/mol. The Morgan fingerprint density at radius 1 is 1.31 bits per heavy atom. The summed E-state index contributed by atoms with van der Waals surface area (Å²) in [6.45, 7) is 6.62. The molecule has 1 aliphatic heterocycles. The number of para-hydroxylation sites is 1. The van der Waals surface area contributed by atoms with Crippen LogP contribution in [0.3, 0.4) is 0 Å². The SMILES string of the molecule is CC(C)C1(C)Cc2ccccc2O1. The maximum absolute atomic E-state index is 5.96. The predicted octanol–water partition coefficient (Wildman–Crippen LogP) is 3.04. The largest absolute Gasteiger partial charge is 0.487 e. The van der Waals surface area contributed by atoms with Crippen LogP contribution in [-0.4, -0.2) is 5.60 Å². The van der Waals surface area contributed by atoms with Crippen LogP contribution in [0.2, 0.25) is 0 Å². The van der Waals surface area contributed by atoms with Crippen LogP contribution in [0.15, 0.2) is 24.3 Å². The molecule has 1 aliphatic rings. The predicted molar refractivity (Wildman–Crippen MR) is 54.0 cm³/mol. The lowest BCUT2D eigenvalue weighted by atomic mass is 9.88. The van der Waals surface area contributed by atoms with Crippen LogP contribution < -0.4 is 4.74 Å². The van der Waals surface area contributed by atoms with E-state index in [4.69, 9.17) is 4.74 Å². The van der Waals surface area contributed by atoms with Crippen LogP contribution in [0.25, 0.3) is 0 Å². The normalized spacial score (nSPS) is 25.8. The molecule has 0 radical (unpaired) electrons. The fourth-order valence-electron chi connectivity index (χ4n) is 1.74. The molecule has 0 N–H and O–H groups in total. The van der Waals surface area contributed by atoms with Gasteiger partial charge in [0.05, 0.1) is 0 Å². The Labute approximate surface area is 79.7 Å². The lowest BCUT2D eigenvalue weighted by molar-refractivity contribution is 0.0647. The van der Waals surface area contributed by atoms with E-state index in [2.05, 4.69) is 39.0 Å². The van der Waals surface area contributed by atoms with Gasteiger partial charge in [-0.1, -0.05) is 32.0 Å². The molecule has 0 saturated carbocycles. The van der Waals surface area contributed by atoms with Crippen LogP contribution >= 0.6 is 0 Å². The third-order valence-electron chi connectivity index (χ3n) is 3.08. The van der Waals surface area contributed by atoms with Gasteiger partial charge in [-0.2, -0.15) is 0 Å². The van der Waals surface area contributed by atoms with E-state index in [0.29, 0.717) is 5.92 Å². The molecule has 1 unspecified atom stereocenters. The van der Waals surface area contributed by atoms with Crippen molar-refractivity contribution in [3.05, 3.63) is 29.8 Å². The lowest BCUT2D eigenvalue weighted by Crippen LogP contribution is -2.36. The summed E-state index contributed by atoms with van der Waals surface area (Å²) in [5, 5.41) is 0. The Bertz CT molecular complexity index is 290. The van der Waals surface area contributed by atoms with Crippen molar-refractivity contribution >= 4 is 0 Å². The van der Waals surface area contributed by atoms with E-state index in [0.717, 1.165) is 12.2 Å². The number of benzene rings is 1. The van der Waals surface area contributed by atoms with E-state index in [1.165, 1.54) is 5.56 Å². The van der Waals surface area contributed by atoms with E-state index in [1.807, 2.05) is 6.07 Å². The van der Waals surface area contributed by atoms with Crippen molar-refractivity contribution in [1.29, 1.82) is 0 Å². The van der Waals surface area contributed by atoms with Gasteiger partial charge in [-0.3, -0.25) is 0 Å². The first kappa shape index (κ1) is 8.61. The minimum atomic E-state index is 0.00366. The first-order chi connectivity index (χ1) is 6.12. The highest BCUT2D eigenvalue weighted by atomic mass is 16.5. The third kappa shape index (κ3) is 1.32. The van der Waals surface area contributed by atoms with Crippen molar-refractivity contribution in [1.82, 2.24) is 0 Å². The molecule has 0 amide bonds. The number of fused-ring (bicyclic) bond motifs is 1. The van der Waals surface area contributed by atoms with Gasteiger partial charge < -0.3 is 4.74 Å². The van der Waals surface area contributed by atoms with Crippen LogP contribution in [0.4, 0.5) is 0 Å². The number of ether oxygens (including phenoxy) is 1. The zero-order valence-electron chi connectivity index (χ0n) is 8.50. The number of hydrogen-bond donors (Lipinski definition) is 0. The van der Waals surface area contributed by atoms with E-state index in [9.17, 15) is 0 Å². The average Bonchev–Trinajstić information content (AvgIpc) is 2.42. The minimum absolute atomic E-state index is 0.00366. The molecule has 13 heavy (non-hydrogen) atoms. The molecule has 1 aromatic rings. The topological polar surface area (TPSA) is 9.23 Å². The molecule has 1 atom stereocenters. The Kier molecular flexibility index (Phi) is 1.83. The summed E-state index contributed by atoms with van der Waals surface area (Å²) in [5.74, 6) is 1.62. The van der Waals surface area contributed by atoms with Crippen molar-refractivity contribution in [2.45, 2.75) is 32.8 Å². The number of hydrogen-bond acceptors (Lipinski definition) is 1. The molecule has 1 aromatic carbocycles. The monoisotopic (exact) mass is 176 g/mol. The highest BCUT2D eigenvalue weighted by Gasteiger charge is 2.37. The van der Waals surface area contributed by atoms with Crippen LogP contribution in [-0.2, 0) is 6.42 Å². The molecule has 0 bridgehead atoms. The third-order valence-corrected chi connectivity index (χ3v) is 3.08. The highest BCUT2D eigenvalue weighted by molar-refractivity contribution is 5.38. The summed E-state index contributed by atoms with van der Waals surface area (Å²) < 4.78 is 5.96. The lowest BCUT2D eigenvalue weighted by Gasteiger charge is -2.28. The molecule has 0 aromatic heterocycles. The quantitative estimate of drug-likeness (QED) is 0.639. The van der Waals surface area contributed by atoms with Crippen LogP contribution in [0, 0.1) is 5.92 Å². The smallest absolute Gasteiger partial charge is 0.123 e. The molecule has 1 heterocycles. The molecule has 1 heteroatoms. The molecule has 0 aliphatic carbocycles. The van der Waals surface area contributed by atoms with Gasteiger partial charge in [0.2, 0.25) is 0 Å². The first-order valence-corrected chi connectivity index (χ1v) is 4.89. The van der Waals surface area contributed by atoms with Crippen LogP contribution in [0.5, 0.6) is 5.75 Å². The summed E-state index contributed by atoms with van der Waals surface area (Å²) in [6.07, 6.45) is 1.04. The van der Waals surface area contributed by atoms with Crippen molar-refractivity contribution in [3.8, 4) is 5.75 Å². The molecular formula is C12H16O. The van der Waals surface area contributed by atoms with Crippen molar-refractivity contribution in [2.24, 2.45) is 5.92 Å². The second-order valence-corrected chi connectivity index (χ2v) is 4.35. The molecule has 70 valence electrons. The highest BCUT2D eigenvalue weighted by Crippen LogP contribution is 2.38. The fourth-order valence-corrected chi connectivity index (χ4v) is 1.74. The molecule has 2 rings (SSSR count). The minimum Gasteiger partial charge on any atom is -0.487 e. The summed E-state index contributed by atoms with van der Waals surface area (Å²) in [5.41, 5.74) is 1.35. The van der Waals surface area contributed by atoms with Crippen molar-refractivity contribution in [2.75, 3.05) is 0 Å². The van der Waals surface area contributed by atoms with E-state index in [-0.39, 0.29) is 5.60 Å². The first-order valence-electron chi connectivity index (χ1n) is 4.89. The van der Waals surface area contributed by atoms with Crippen molar-refractivity contribution < 1.29 is 4.74 Å². The summed E-state index contributed by atoms with van der Waals surface area (Å²) >= 11 is 0. The van der Waals surface area contributed by atoms with Crippen molar-refractivity contribution in [3.63, 3.8) is 0 Å².